The molecule has 0 saturated heterocycles. The quantitative estimate of drug-likeness (QED) is 0.460. The first-order valence-corrected chi connectivity index (χ1v) is 10.1. The molecule has 0 radical (unpaired) electrons. The van der Waals surface area contributed by atoms with Gasteiger partial charge in [0.1, 0.15) is 11.5 Å². The zero-order chi connectivity index (χ0) is 20.1. The number of nitrogens with zero attached hydrogens (tertiary/aromatic N) is 2. The van der Waals surface area contributed by atoms with Crippen LogP contribution in [-0.4, -0.2) is 24.2 Å². The molecule has 0 unspecified atom stereocenters. The van der Waals surface area contributed by atoms with Crippen LogP contribution in [0.5, 0.6) is 11.5 Å². The van der Waals surface area contributed by atoms with Crippen molar-refractivity contribution < 1.29 is 14.3 Å². The van der Waals surface area contributed by atoms with Crippen molar-refractivity contribution in [3.05, 3.63) is 89.2 Å². The Morgan fingerprint density at radius 3 is 2.38 bits per heavy atom. The van der Waals surface area contributed by atoms with E-state index < -0.39 is 0 Å². The van der Waals surface area contributed by atoms with E-state index in [0.29, 0.717) is 29.3 Å². The predicted molar refractivity (Wildman–Crippen MR) is 115 cm³/mol. The molecule has 0 N–H and O–H groups in total. The van der Waals surface area contributed by atoms with E-state index >= 15 is 0 Å². The summed E-state index contributed by atoms with van der Waals surface area (Å²) in [5, 5.41) is 0. The third-order valence-electron chi connectivity index (χ3n) is 4.38. The van der Waals surface area contributed by atoms with Crippen LogP contribution < -0.4 is 9.54 Å². The van der Waals surface area contributed by atoms with E-state index in [4.69, 9.17) is 9.47 Å². The normalized spacial score (nSPS) is 11.7. The van der Waals surface area contributed by atoms with Gasteiger partial charge in [-0.15, -0.1) is 0 Å². The van der Waals surface area contributed by atoms with Crippen LogP contribution >= 0.6 is 11.3 Å². The van der Waals surface area contributed by atoms with Gasteiger partial charge in [0, 0.05) is 19.2 Å². The summed E-state index contributed by atoms with van der Waals surface area (Å²) >= 11 is 1.50. The molecule has 1 heterocycles. The van der Waals surface area contributed by atoms with Crippen LogP contribution in [-0.2, 0) is 11.3 Å². The van der Waals surface area contributed by atoms with Crippen LogP contribution in [0.1, 0.15) is 10.4 Å². The van der Waals surface area contributed by atoms with Gasteiger partial charge in [-0.25, -0.2) is 0 Å². The molecule has 0 bridgehead atoms. The summed E-state index contributed by atoms with van der Waals surface area (Å²) in [5.41, 5.74) is 1.56. The van der Waals surface area contributed by atoms with Gasteiger partial charge in [-0.1, -0.05) is 41.7 Å². The molecule has 4 rings (SSSR count). The van der Waals surface area contributed by atoms with Gasteiger partial charge in [0.2, 0.25) is 0 Å². The molecule has 29 heavy (non-hydrogen) atoms. The van der Waals surface area contributed by atoms with Crippen LogP contribution in [0.4, 0.5) is 0 Å². The largest absolute Gasteiger partial charge is 0.457 e. The van der Waals surface area contributed by atoms with Crippen molar-refractivity contribution in [1.82, 2.24) is 4.57 Å². The van der Waals surface area contributed by atoms with Crippen molar-refractivity contribution in [3.63, 3.8) is 0 Å². The van der Waals surface area contributed by atoms with Crippen LogP contribution in [0.25, 0.3) is 10.2 Å². The van der Waals surface area contributed by atoms with E-state index in [2.05, 4.69) is 4.99 Å². The number of amides is 1. The first-order valence-electron chi connectivity index (χ1n) is 9.24. The summed E-state index contributed by atoms with van der Waals surface area (Å²) in [6, 6.07) is 24.6. The second kappa shape index (κ2) is 8.86. The summed E-state index contributed by atoms with van der Waals surface area (Å²) in [6.45, 7) is 1.18. The minimum atomic E-state index is -0.283. The summed E-state index contributed by atoms with van der Waals surface area (Å²) in [7, 11) is 1.66. The SMILES string of the molecule is COCCn1c(=NC(=O)c2ccc(Oc3ccccc3)cc2)sc2ccccc21. The Morgan fingerprint density at radius 1 is 0.931 bits per heavy atom. The average Bonchev–Trinajstić information content (AvgIpc) is 3.10. The van der Waals surface area contributed by atoms with E-state index in [-0.39, 0.29) is 5.91 Å². The maximum absolute atomic E-state index is 12.7. The molecular weight excluding hydrogens is 384 g/mol. The van der Waals surface area contributed by atoms with Gasteiger partial charge in [0.25, 0.3) is 5.91 Å². The highest BCUT2D eigenvalue weighted by Crippen LogP contribution is 2.21. The highest BCUT2D eigenvalue weighted by Gasteiger charge is 2.09. The molecule has 0 aliphatic carbocycles. The highest BCUT2D eigenvalue weighted by molar-refractivity contribution is 7.16. The lowest BCUT2D eigenvalue weighted by Crippen LogP contribution is -2.19. The molecule has 0 aliphatic heterocycles. The zero-order valence-electron chi connectivity index (χ0n) is 15.9. The number of fused-ring (bicyclic) bond motifs is 1. The summed E-state index contributed by atoms with van der Waals surface area (Å²) < 4.78 is 14.1. The molecule has 146 valence electrons. The Bertz CT molecular complexity index is 1180. The van der Waals surface area contributed by atoms with Crippen molar-refractivity contribution in [2.45, 2.75) is 6.54 Å². The smallest absolute Gasteiger partial charge is 0.279 e. The Labute approximate surface area is 172 Å². The molecule has 4 aromatic rings. The van der Waals surface area contributed by atoms with Crippen molar-refractivity contribution in [1.29, 1.82) is 0 Å². The standard InChI is InChI=1S/C23H20N2O3S/c1-27-16-15-25-20-9-5-6-10-21(20)29-23(25)24-22(26)17-11-13-19(14-12-17)28-18-7-3-2-4-8-18/h2-14H,15-16H2,1H3. The molecule has 0 saturated carbocycles. The van der Waals surface area contributed by atoms with Gasteiger partial charge < -0.3 is 14.0 Å². The number of hydrogen-bond donors (Lipinski definition) is 0. The second-order valence-electron chi connectivity index (χ2n) is 6.35. The number of methoxy groups -OCH3 is 1. The maximum atomic E-state index is 12.7. The number of benzene rings is 3. The fourth-order valence-electron chi connectivity index (χ4n) is 2.95. The Hall–Kier alpha value is -3.22. The van der Waals surface area contributed by atoms with Crippen molar-refractivity contribution >= 4 is 27.5 Å². The maximum Gasteiger partial charge on any atom is 0.279 e. The number of ether oxygens (including phenoxy) is 2. The lowest BCUT2D eigenvalue weighted by atomic mass is 10.2. The number of rotatable bonds is 6. The molecule has 5 nitrogen and oxygen atoms in total. The summed E-state index contributed by atoms with van der Waals surface area (Å²) in [5.74, 6) is 1.14. The van der Waals surface area contributed by atoms with E-state index in [9.17, 15) is 4.79 Å². The van der Waals surface area contributed by atoms with E-state index in [0.717, 1.165) is 16.0 Å². The Morgan fingerprint density at radius 2 is 1.62 bits per heavy atom. The number of thiazole rings is 1. The van der Waals surface area contributed by atoms with Crippen molar-refractivity contribution in [3.8, 4) is 11.5 Å². The second-order valence-corrected chi connectivity index (χ2v) is 7.36. The van der Waals surface area contributed by atoms with Gasteiger partial charge >= 0.3 is 0 Å². The molecule has 0 atom stereocenters. The molecule has 0 spiro atoms. The highest BCUT2D eigenvalue weighted by atomic mass is 32.1. The van der Waals surface area contributed by atoms with Gasteiger partial charge in [-0.05, 0) is 48.5 Å². The summed E-state index contributed by atoms with van der Waals surface area (Å²) in [4.78, 5) is 17.8. The third-order valence-corrected chi connectivity index (χ3v) is 5.44. The van der Waals surface area contributed by atoms with E-state index in [1.54, 1.807) is 31.4 Å². The molecule has 0 fully saturated rings. The lowest BCUT2D eigenvalue weighted by Gasteiger charge is -2.06. The third kappa shape index (κ3) is 4.45. The number of carbonyl (C=O) groups excluding carboxylic acids is 1. The molecule has 6 heteroatoms. The first kappa shape index (κ1) is 19.1. The van der Waals surface area contributed by atoms with Crippen molar-refractivity contribution in [2.75, 3.05) is 13.7 Å². The topological polar surface area (TPSA) is 52.8 Å². The lowest BCUT2D eigenvalue weighted by molar-refractivity contribution is 0.0997. The first-order chi connectivity index (χ1) is 14.2. The fourth-order valence-corrected chi connectivity index (χ4v) is 4.00. The molecular formula is C23H20N2O3S. The molecule has 0 aliphatic rings. The predicted octanol–water partition coefficient (Wildman–Crippen LogP) is 4.88. The van der Waals surface area contributed by atoms with Crippen molar-refractivity contribution in [2.24, 2.45) is 4.99 Å². The number of para-hydroxylation sites is 2. The van der Waals surface area contributed by atoms with Gasteiger partial charge in [-0.2, -0.15) is 4.99 Å². The molecule has 1 amide bonds. The van der Waals surface area contributed by atoms with Gasteiger partial charge in [-0.3, -0.25) is 4.79 Å². The average molecular weight is 404 g/mol. The minimum Gasteiger partial charge on any atom is -0.457 e. The van der Waals surface area contributed by atoms with Gasteiger partial charge in [0.15, 0.2) is 4.80 Å². The Kier molecular flexibility index (Phi) is 5.84. The molecule has 1 aromatic heterocycles. The van der Waals surface area contributed by atoms with Crippen LogP contribution in [0.2, 0.25) is 0 Å². The fraction of sp³-hybridized carbons (Fsp3) is 0.130. The van der Waals surface area contributed by atoms with Crippen LogP contribution in [0.3, 0.4) is 0 Å². The zero-order valence-corrected chi connectivity index (χ0v) is 16.8. The molecule has 3 aromatic carbocycles. The van der Waals surface area contributed by atoms with E-state index in [1.807, 2.05) is 59.2 Å². The number of carbonyl (C=O) groups is 1. The summed E-state index contributed by atoms with van der Waals surface area (Å²) in [6.07, 6.45) is 0. The van der Waals surface area contributed by atoms with Crippen LogP contribution in [0.15, 0.2) is 83.9 Å². The number of aromatic nitrogens is 1. The monoisotopic (exact) mass is 404 g/mol. The van der Waals surface area contributed by atoms with Gasteiger partial charge in [0.05, 0.1) is 16.8 Å². The Balaban J connectivity index is 1.60. The van der Waals surface area contributed by atoms with Crippen LogP contribution in [0, 0.1) is 0 Å². The minimum absolute atomic E-state index is 0.283. The number of hydrogen-bond acceptors (Lipinski definition) is 4. The van der Waals surface area contributed by atoms with E-state index in [1.165, 1.54) is 11.3 Å².